The summed E-state index contributed by atoms with van der Waals surface area (Å²) in [5.74, 6) is 2.02. The molecule has 2 aromatic rings. The van der Waals surface area contributed by atoms with Crippen molar-refractivity contribution in [1.29, 1.82) is 0 Å². The first kappa shape index (κ1) is 18.1. The Morgan fingerprint density at radius 3 is 2.61 bits per heavy atom. The average molecular weight is 365 g/mol. The van der Waals surface area contributed by atoms with Crippen molar-refractivity contribution >= 4 is 46.4 Å². The molecule has 2 rings (SSSR count). The summed E-state index contributed by atoms with van der Waals surface area (Å²) >= 11 is 13.3. The predicted molar refractivity (Wildman–Crippen MR) is 108 cm³/mol. The maximum absolute atomic E-state index is 6.14. The monoisotopic (exact) mass is 364 g/mol. The van der Waals surface area contributed by atoms with E-state index in [1.165, 1.54) is 11.1 Å². The molecule has 0 amide bonds. The highest BCUT2D eigenvalue weighted by molar-refractivity contribution is 7.98. The van der Waals surface area contributed by atoms with Crippen molar-refractivity contribution < 1.29 is 0 Å². The first-order valence-electron chi connectivity index (χ1n) is 7.58. The van der Waals surface area contributed by atoms with Gasteiger partial charge in [0.25, 0.3) is 0 Å². The van der Waals surface area contributed by atoms with Crippen LogP contribution in [0.4, 0.5) is 5.69 Å². The Labute approximate surface area is 153 Å². The second kappa shape index (κ2) is 9.81. The summed E-state index contributed by atoms with van der Waals surface area (Å²) in [4.78, 5) is 0. The Kier molecular flexibility index (Phi) is 7.72. The predicted octanol–water partition coefficient (Wildman–Crippen LogP) is 5.26. The maximum Gasteiger partial charge on any atom is 0.170 e. The Morgan fingerprint density at radius 1 is 1.13 bits per heavy atom. The lowest BCUT2D eigenvalue weighted by Gasteiger charge is -2.10. The standard InChI is InChI=1S/C18H21ClN2S2/c1-14-7-9-16(10-8-14)21-18(22)20-11-4-12-23-13-15-5-2-3-6-17(15)19/h2-3,5-10H,4,11-13H2,1H3,(H2,20,21,22). The minimum atomic E-state index is 0.671. The zero-order valence-corrected chi connectivity index (χ0v) is 15.5. The summed E-state index contributed by atoms with van der Waals surface area (Å²) in [7, 11) is 0. The minimum absolute atomic E-state index is 0.671. The van der Waals surface area contributed by atoms with E-state index in [-0.39, 0.29) is 0 Å². The third-order valence-corrected chi connectivity index (χ3v) is 4.98. The molecule has 122 valence electrons. The number of halogens is 1. The molecular formula is C18H21ClN2S2. The summed E-state index contributed by atoms with van der Waals surface area (Å²) in [6.45, 7) is 2.94. The van der Waals surface area contributed by atoms with Gasteiger partial charge in [-0.1, -0.05) is 47.5 Å². The Morgan fingerprint density at radius 2 is 1.87 bits per heavy atom. The molecule has 0 atom stereocenters. The lowest BCUT2D eigenvalue weighted by Crippen LogP contribution is -2.29. The fourth-order valence-electron chi connectivity index (χ4n) is 1.99. The SMILES string of the molecule is Cc1ccc(NC(=S)NCCCSCc2ccccc2Cl)cc1. The third-order valence-electron chi connectivity index (χ3n) is 3.28. The van der Waals surface area contributed by atoms with Crippen LogP contribution < -0.4 is 10.6 Å². The van der Waals surface area contributed by atoms with Crippen molar-refractivity contribution in [2.75, 3.05) is 17.6 Å². The number of thiocarbonyl (C=S) groups is 1. The van der Waals surface area contributed by atoms with Gasteiger partial charge in [0, 0.05) is 23.0 Å². The van der Waals surface area contributed by atoms with E-state index in [0.29, 0.717) is 5.11 Å². The van der Waals surface area contributed by atoms with Gasteiger partial charge in [0.05, 0.1) is 0 Å². The first-order valence-corrected chi connectivity index (χ1v) is 9.52. The molecule has 0 aliphatic carbocycles. The van der Waals surface area contributed by atoms with Crippen LogP contribution in [0.15, 0.2) is 48.5 Å². The number of aryl methyl sites for hydroxylation is 1. The molecular weight excluding hydrogens is 344 g/mol. The number of anilines is 1. The van der Waals surface area contributed by atoms with E-state index in [4.69, 9.17) is 23.8 Å². The van der Waals surface area contributed by atoms with Crippen molar-refractivity contribution in [1.82, 2.24) is 5.32 Å². The number of rotatable bonds is 7. The van der Waals surface area contributed by atoms with E-state index < -0.39 is 0 Å². The molecule has 0 aliphatic heterocycles. The molecule has 0 bridgehead atoms. The summed E-state index contributed by atoms with van der Waals surface area (Å²) in [5.41, 5.74) is 3.45. The van der Waals surface area contributed by atoms with Gasteiger partial charge in [-0.25, -0.2) is 0 Å². The number of hydrogen-bond acceptors (Lipinski definition) is 2. The zero-order chi connectivity index (χ0) is 16.5. The van der Waals surface area contributed by atoms with Crippen molar-refractivity contribution in [2.24, 2.45) is 0 Å². The lowest BCUT2D eigenvalue weighted by molar-refractivity contribution is 0.854. The average Bonchev–Trinajstić information content (AvgIpc) is 2.54. The molecule has 2 N–H and O–H groups in total. The van der Waals surface area contributed by atoms with Crippen LogP contribution in [0.2, 0.25) is 5.02 Å². The van der Waals surface area contributed by atoms with E-state index in [1.807, 2.05) is 42.1 Å². The number of benzene rings is 2. The van der Waals surface area contributed by atoms with Gasteiger partial charge >= 0.3 is 0 Å². The Hall–Kier alpha value is -1.23. The summed E-state index contributed by atoms with van der Waals surface area (Å²) in [6, 6.07) is 16.2. The minimum Gasteiger partial charge on any atom is -0.362 e. The van der Waals surface area contributed by atoms with Gasteiger partial charge in [-0.15, -0.1) is 0 Å². The number of thioether (sulfide) groups is 1. The van der Waals surface area contributed by atoms with Crippen LogP contribution in [0.25, 0.3) is 0 Å². The van der Waals surface area contributed by atoms with Crippen LogP contribution >= 0.6 is 35.6 Å². The van der Waals surface area contributed by atoms with E-state index in [9.17, 15) is 0 Å². The van der Waals surface area contributed by atoms with Crippen LogP contribution in [0.5, 0.6) is 0 Å². The van der Waals surface area contributed by atoms with Gasteiger partial charge in [0.15, 0.2) is 5.11 Å². The smallest absolute Gasteiger partial charge is 0.170 e. The Bertz CT molecular complexity index is 629. The molecule has 0 saturated heterocycles. The van der Waals surface area contributed by atoms with Gasteiger partial charge < -0.3 is 10.6 Å². The largest absolute Gasteiger partial charge is 0.362 e. The number of nitrogens with one attached hydrogen (secondary N) is 2. The van der Waals surface area contributed by atoms with E-state index in [1.54, 1.807) is 0 Å². The topological polar surface area (TPSA) is 24.1 Å². The molecule has 0 aromatic heterocycles. The fourth-order valence-corrected chi connectivity index (χ4v) is 3.45. The van der Waals surface area contributed by atoms with Crippen LogP contribution in [-0.4, -0.2) is 17.4 Å². The van der Waals surface area contributed by atoms with Gasteiger partial charge in [0.2, 0.25) is 0 Å². The van der Waals surface area contributed by atoms with Crippen molar-refractivity contribution in [3.05, 3.63) is 64.7 Å². The van der Waals surface area contributed by atoms with E-state index in [0.717, 1.165) is 35.2 Å². The van der Waals surface area contributed by atoms with Crippen molar-refractivity contribution in [3.63, 3.8) is 0 Å². The molecule has 0 radical (unpaired) electrons. The Balaban J connectivity index is 1.57. The zero-order valence-electron chi connectivity index (χ0n) is 13.1. The van der Waals surface area contributed by atoms with Gasteiger partial charge in [-0.3, -0.25) is 0 Å². The van der Waals surface area contributed by atoms with Crippen LogP contribution in [0, 0.1) is 6.92 Å². The van der Waals surface area contributed by atoms with Crippen LogP contribution in [0.1, 0.15) is 17.5 Å². The highest BCUT2D eigenvalue weighted by Crippen LogP contribution is 2.20. The lowest BCUT2D eigenvalue weighted by atomic mass is 10.2. The molecule has 0 aliphatic rings. The van der Waals surface area contributed by atoms with Crippen LogP contribution in [-0.2, 0) is 5.75 Å². The summed E-state index contributed by atoms with van der Waals surface area (Å²) < 4.78 is 0. The van der Waals surface area contributed by atoms with Crippen molar-refractivity contribution in [3.8, 4) is 0 Å². The normalized spacial score (nSPS) is 10.3. The molecule has 0 saturated carbocycles. The highest BCUT2D eigenvalue weighted by atomic mass is 35.5. The molecule has 0 spiro atoms. The molecule has 2 nitrogen and oxygen atoms in total. The van der Waals surface area contributed by atoms with Gasteiger partial charge in [-0.2, -0.15) is 11.8 Å². The van der Waals surface area contributed by atoms with Crippen molar-refractivity contribution in [2.45, 2.75) is 19.1 Å². The van der Waals surface area contributed by atoms with Gasteiger partial charge in [-0.05, 0) is 55.1 Å². The molecule has 5 heteroatoms. The maximum atomic E-state index is 6.14. The summed E-state index contributed by atoms with van der Waals surface area (Å²) in [6.07, 6.45) is 1.06. The van der Waals surface area contributed by atoms with E-state index in [2.05, 4.69) is 35.8 Å². The fraction of sp³-hybridized carbons (Fsp3) is 0.278. The quantitative estimate of drug-likeness (QED) is 0.517. The highest BCUT2D eigenvalue weighted by Gasteiger charge is 2.00. The second-order valence-electron chi connectivity index (χ2n) is 5.24. The van der Waals surface area contributed by atoms with Gasteiger partial charge in [0.1, 0.15) is 0 Å². The molecule has 0 fully saturated rings. The number of hydrogen-bond donors (Lipinski definition) is 2. The molecule has 2 aromatic carbocycles. The molecule has 0 heterocycles. The third kappa shape index (κ3) is 6.81. The van der Waals surface area contributed by atoms with Crippen LogP contribution in [0.3, 0.4) is 0 Å². The molecule has 0 unspecified atom stereocenters. The second-order valence-corrected chi connectivity index (χ2v) is 7.17. The van der Waals surface area contributed by atoms with E-state index >= 15 is 0 Å². The summed E-state index contributed by atoms with van der Waals surface area (Å²) in [5, 5.41) is 7.95. The first-order chi connectivity index (χ1) is 11.1. The molecule has 23 heavy (non-hydrogen) atoms.